The van der Waals surface area contributed by atoms with Gasteiger partial charge in [-0.15, -0.1) is 0 Å². The van der Waals surface area contributed by atoms with E-state index >= 15 is 0 Å². The van der Waals surface area contributed by atoms with E-state index in [4.69, 9.17) is 14.5 Å². The predicted molar refractivity (Wildman–Crippen MR) is 141 cm³/mol. The highest BCUT2D eigenvalue weighted by molar-refractivity contribution is 5.84. The van der Waals surface area contributed by atoms with Gasteiger partial charge in [0.05, 0.1) is 17.6 Å². The second kappa shape index (κ2) is 13.9. The first-order chi connectivity index (χ1) is 16.9. The van der Waals surface area contributed by atoms with Gasteiger partial charge in [0.25, 0.3) is 0 Å². The van der Waals surface area contributed by atoms with Crippen LogP contribution in [0.5, 0.6) is 0 Å². The fourth-order valence-electron chi connectivity index (χ4n) is 4.30. The Morgan fingerprint density at radius 3 is 2.53 bits per heavy atom. The van der Waals surface area contributed by atoms with Crippen LogP contribution in [0.1, 0.15) is 71.1 Å². The van der Waals surface area contributed by atoms with Crippen molar-refractivity contribution in [2.75, 3.05) is 45.7 Å². The van der Waals surface area contributed by atoms with E-state index in [0.29, 0.717) is 19.5 Å². The van der Waals surface area contributed by atoms with Gasteiger partial charge in [0, 0.05) is 39.5 Å². The van der Waals surface area contributed by atoms with Crippen LogP contribution in [-0.2, 0) is 31.9 Å². The molecule has 0 aromatic carbocycles. The summed E-state index contributed by atoms with van der Waals surface area (Å²) in [6.45, 7) is 10.6. The van der Waals surface area contributed by atoms with Crippen molar-refractivity contribution >= 4 is 17.7 Å². The van der Waals surface area contributed by atoms with Gasteiger partial charge in [-0.05, 0) is 84.4 Å². The SMILES string of the molecule is COC(C)(C)CC(=O)NC(CCN(CCCCc1ccc2c(n1)NCCC2)CC(C)(C)OC)C(=O)O. The second-order valence-electron chi connectivity index (χ2n) is 10.9. The zero-order valence-corrected chi connectivity index (χ0v) is 23.0. The molecule has 204 valence electrons. The first kappa shape index (κ1) is 30.0. The standard InChI is InChI=1S/C27H46N4O5/c1-26(2,35-5)18-23(32)30-22(25(33)34)14-17-31(19-27(3,4)36-6)16-8-7-11-21-13-12-20-10-9-15-28-24(20)29-21/h12-13,22H,7-11,14-19H2,1-6H3,(H,28,29)(H,30,32)(H,33,34). The van der Waals surface area contributed by atoms with E-state index < -0.39 is 17.6 Å². The number of pyridine rings is 1. The number of carbonyl (C=O) groups excluding carboxylic acids is 1. The van der Waals surface area contributed by atoms with Crippen molar-refractivity contribution in [2.45, 2.75) is 89.9 Å². The monoisotopic (exact) mass is 506 g/mol. The number of anilines is 1. The molecule has 9 nitrogen and oxygen atoms in total. The molecule has 1 aromatic heterocycles. The molecule has 1 aliphatic heterocycles. The van der Waals surface area contributed by atoms with Crippen molar-refractivity contribution in [3.05, 3.63) is 23.4 Å². The minimum Gasteiger partial charge on any atom is -0.480 e. The van der Waals surface area contributed by atoms with Crippen molar-refractivity contribution < 1.29 is 24.2 Å². The number of fused-ring (bicyclic) bond motifs is 1. The van der Waals surface area contributed by atoms with Crippen LogP contribution in [0.4, 0.5) is 5.82 Å². The summed E-state index contributed by atoms with van der Waals surface area (Å²) in [5, 5.41) is 15.7. The number of aromatic nitrogens is 1. The fraction of sp³-hybridized carbons (Fsp3) is 0.741. The summed E-state index contributed by atoms with van der Waals surface area (Å²) < 4.78 is 10.9. The van der Waals surface area contributed by atoms with E-state index in [0.717, 1.165) is 56.7 Å². The first-order valence-corrected chi connectivity index (χ1v) is 13.0. The largest absolute Gasteiger partial charge is 0.480 e. The molecular weight excluding hydrogens is 460 g/mol. The second-order valence-corrected chi connectivity index (χ2v) is 10.9. The summed E-state index contributed by atoms with van der Waals surface area (Å²) in [4.78, 5) is 31.2. The molecule has 0 fully saturated rings. The molecule has 0 spiro atoms. The van der Waals surface area contributed by atoms with Gasteiger partial charge < -0.3 is 30.1 Å². The molecule has 1 unspecified atom stereocenters. The lowest BCUT2D eigenvalue weighted by molar-refractivity contribution is -0.143. The highest BCUT2D eigenvalue weighted by Gasteiger charge is 2.27. The Bertz CT molecular complexity index is 859. The number of ether oxygens (including phenoxy) is 2. The Labute approximate surface area is 216 Å². The van der Waals surface area contributed by atoms with Crippen molar-refractivity contribution in [1.82, 2.24) is 15.2 Å². The quantitative estimate of drug-likeness (QED) is 0.293. The summed E-state index contributed by atoms with van der Waals surface area (Å²) >= 11 is 0. The van der Waals surface area contributed by atoms with Crippen LogP contribution < -0.4 is 10.6 Å². The molecule has 9 heteroatoms. The lowest BCUT2D eigenvalue weighted by Crippen LogP contribution is -2.47. The Kier molecular flexibility index (Phi) is 11.6. The third-order valence-electron chi connectivity index (χ3n) is 6.77. The Morgan fingerprint density at radius 2 is 1.86 bits per heavy atom. The van der Waals surface area contributed by atoms with Crippen LogP contribution in [0.2, 0.25) is 0 Å². The molecule has 0 aliphatic carbocycles. The third-order valence-corrected chi connectivity index (χ3v) is 6.77. The van der Waals surface area contributed by atoms with Crippen molar-refractivity contribution in [3.8, 4) is 0 Å². The molecule has 1 aliphatic rings. The van der Waals surface area contributed by atoms with Gasteiger partial charge in [-0.3, -0.25) is 4.79 Å². The predicted octanol–water partition coefficient (Wildman–Crippen LogP) is 3.26. The highest BCUT2D eigenvalue weighted by Crippen LogP contribution is 2.20. The van der Waals surface area contributed by atoms with E-state index in [1.807, 2.05) is 13.8 Å². The molecule has 36 heavy (non-hydrogen) atoms. The van der Waals surface area contributed by atoms with Crippen molar-refractivity contribution in [1.29, 1.82) is 0 Å². The number of unbranched alkanes of at least 4 members (excludes halogenated alkanes) is 1. The number of rotatable bonds is 16. The van der Waals surface area contributed by atoms with Gasteiger partial charge in [-0.1, -0.05) is 6.07 Å². The van der Waals surface area contributed by atoms with E-state index in [-0.39, 0.29) is 17.9 Å². The average molecular weight is 507 g/mol. The lowest BCUT2D eigenvalue weighted by Gasteiger charge is -2.32. The van der Waals surface area contributed by atoms with Gasteiger partial charge in [-0.2, -0.15) is 0 Å². The van der Waals surface area contributed by atoms with Gasteiger partial charge in [0.15, 0.2) is 0 Å². The highest BCUT2D eigenvalue weighted by atomic mass is 16.5. The van der Waals surface area contributed by atoms with Crippen molar-refractivity contribution in [2.24, 2.45) is 0 Å². The number of aryl methyl sites for hydroxylation is 2. The zero-order chi connectivity index (χ0) is 26.8. The number of carbonyl (C=O) groups is 2. The number of carboxylic acid groups (broad SMARTS) is 1. The lowest BCUT2D eigenvalue weighted by atomic mass is 10.0. The maximum Gasteiger partial charge on any atom is 0.326 e. The third kappa shape index (κ3) is 10.4. The summed E-state index contributed by atoms with van der Waals surface area (Å²) in [6, 6.07) is 3.36. The average Bonchev–Trinajstić information content (AvgIpc) is 2.83. The Balaban J connectivity index is 1.90. The van der Waals surface area contributed by atoms with Gasteiger partial charge in [-0.25, -0.2) is 9.78 Å². The molecule has 0 saturated carbocycles. The molecule has 2 rings (SSSR count). The van der Waals surface area contributed by atoms with Crippen LogP contribution in [0.3, 0.4) is 0 Å². The summed E-state index contributed by atoms with van der Waals surface area (Å²) in [7, 11) is 3.22. The molecule has 1 atom stereocenters. The zero-order valence-electron chi connectivity index (χ0n) is 23.0. The van der Waals surface area contributed by atoms with E-state index in [2.05, 4.69) is 27.7 Å². The fourth-order valence-corrected chi connectivity index (χ4v) is 4.30. The molecule has 0 bridgehead atoms. The first-order valence-electron chi connectivity index (χ1n) is 13.0. The smallest absolute Gasteiger partial charge is 0.326 e. The number of hydrogen-bond acceptors (Lipinski definition) is 7. The number of carboxylic acids is 1. The van der Waals surface area contributed by atoms with Crippen LogP contribution in [0.15, 0.2) is 12.1 Å². The number of nitrogens with one attached hydrogen (secondary N) is 2. The van der Waals surface area contributed by atoms with E-state index in [1.54, 1.807) is 21.0 Å². The van der Waals surface area contributed by atoms with Crippen LogP contribution >= 0.6 is 0 Å². The Hall–Kier alpha value is -2.23. The van der Waals surface area contributed by atoms with Gasteiger partial charge >= 0.3 is 5.97 Å². The normalized spacial score (nSPS) is 14.8. The molecule has 1 aromatic rings. The maximum absolute atomic E-state index is 12.4. The minimum atomic E-state index is -1.03. The van der Waals surface area contributed by atoms with Crippen LogP contribution in [0.25, 0.3) is 0 Å². The molecule has 2 heterocycles. The van der Waals surface area contributed by atoms with Crippen LogP contribution in [-0.4, -0.2) is 84.5 Å². The Morgan fingerprint density at radius 1 is 1.14 bits per heavy atom. The van der Waals surface area contributed by atoms with Crippen LogP contribution in [0, 0.1) is 0 Å². The number of methoxy groups -OCH3 is 2. The summed E-state index contributed by atoms with van der Waals surface area (Å²) in [5.41, 5.74) is 1.38. The molecule has 3 N–H and O–H groups in total. The molecule has 1 amide bonds. The topological polar surface area (TPSA) is 113 Å². The number of aliphatic carboxylic acids is 1. The summed E-state index contributed by atoms with van der Waals surface area (Å²) in [6.07, 6.45) is 5.49. The molecular formula is C27H46N4O5. The molecule has 0 saturated heterocycles. The number of amides is 1. The molecule has 0 radical (unpaired) electrons. The van der Waals surface area contributed by atoms with Crippen molar-refractivity contribution in [3.63, 3.8) is 0 Å². The van der Waals surface area contributed by atoms with Gasteiger partial charge in [0.2, 0.25) is 5.91 Å². The minimum absolute atomic E-state index is 0.0972. The van der Waals surface area contributed by atoms with Gasteiger partial charge in [0.1, 0.15) is 11.9 Å². The van der Waals surface area contributed by atoms with E-state index in [9.17, 15) is 14.7 Å². The summed E-state index contributed by atoms with van der Waals surface area (Å²) in [5.74, 6) is -0.334. The van der Waals surface area contributed by atoms with E-state index in [1.165, 1.54) is 12.7 Å². The maximum atomic E-state index is 12.4. The number of nitrogens with zero attached hydrogens (tertiary/aromatic N) is 2. The number of hydrogen-bond donors (Lipinski definition) is 3.